The zero-order valence-electron chi connectivity index (χ0n) is 8.70. The molecule has 14 heavy (non-hydrogen) atoms. The average molecular weight is 210 g/mol. The molecule has 1 aliphatic rings. The van der Waals surface area contributed by atoms with Crippen molar-refractivity contribution in [3.05, 3.63) is 16.6 Å². The predicted molar refractivity (Wildman–Crippen MR) is 60.4 cm³/mol. The summed E-state index contributed by atoms with van der Waals surface area (Å²) in [4.78, 5) is 5.44. The normalized spacial score (nSPS) is 18.4. The van der Waals surface area contributed by atoms with Crippen LogP contribution < -0.4 is 5.32 Å². The lowest BCUT2D eigenvalue weighted by Crippen LogP contribution is -2.30. The third kappa shape index (κ3) is 2.79. The molecule has 0 aliphatic heterocycles. The van der Waals surface area contributed by atoms with Gasteiger partial charge in [-0.1, -0.05) is 13.3 Å². The molecule has 0 bridgehead atoms. The van der Waals surface area contributed by atoms with Gasteiger partial charge in [0, 0.05) is 23.7 Å². The van der Waals surface area contributed by atoms with Crippen molar-refractivity contribution in [3.8, 4) is 0 Å². The Hall–Kier alpha value is -0.410. The van der Waals surface area contributed by atoms with Gasteiger partial charge in [0.15, 0.2) is 0 Å². The maximum Gasteiger partial charge on any atom is 0.0794 e. The summed E-state index contributed by atoms with van der Waals surface area (Å²) >= 11 is 1.74. The minimum Gasteiger partial charge on any atom is -0.309 e. The van der Waals surface area contributed by atoms with Crippen molar-refractivity contribution in [2.24, 2.45) is 5.92 Å². The molecule has 1 aromatic rings. The first kappa shape index (κ1) is 10.1. The maximum atomic E-state index is 4.09. The van der Waals surface area contributed by atoms with Gasteiger partial charge in [-0.15, -0.1) is 11.3 Å². The van der Waals surface area contributed by atoms with Crippen LogP contribution in [0.15, 0.2) is 11.7 Å². The van der Waals surface area contributed by atoms with Crippen molar-refractivity contribution >= 4 is 11.3 Å². The summed E-state index contributed by atoms with van der Waals surface area (Å²) in [6.45, 7) is 3.27. The van der Waals surface area contributed by atoms with Gasteiger partial charge in [0.05, 0.1) is 5.51 Å². The summed E-state index contributed by atoms with van der Waals surface area (Å²) in [5, 5.41) is 3.66. The van der Waals surface area contributed by atoms with Gasteiger partial charge < -0.3 is 5.32 Å². The minimum atomic E-state index is 0.752. The van der Waals surface area contributed by atoms with Crippen LogP contribution in [0.25, 0.3) is 0 Å². The Balaban J connectivity index is 1.76. The third-order valence-corrected chi connectivity index (χ3v) is 3.59. The van der Waals surface area contributed by atoms with Gasteiger partial charge >= 0.3 is 0 Å². The number of aromatic nitrogens is 1. The Morgan fingerprint density at radius 2 is 2.50 bits per heavy atom. The number of nitrogens with one attached hydrogen (secondary N) is 1. The quantitative estimate of drug-likeness (QED) is 0.781. The molecule has 2 nitrogen and oxygen atoms in total. The summed E-state index contributed by atoms with van der Waals surface area (Å²) < 4.78 is 0. The number of thiazole rings is 1. The molecule has 1 atom stereocenters. The monoisotopic (exact) mass is 210 g/mol. The zero-order valence-corrected chi connectivity index (χ0v) is 9.52. The van der Waals surface area contributed by atoms with Crippen LogP contribution in [0.1, 0.15) is 37.5 Å². The van der Waals surface area contributed by atoms with E-state index in [2.05, 4.69) is 17.2 Å². The first-order valence-corrected chi connectivity index (χ1v) is 6.39. The van der Waals surface area contributed by atoms with E-state index in [9.17, 15) is 0 Å². The smallest absolute Gasteiger partial charge is 0.0794 e. The highest BCUT2D eigenvalue weighted by atomic mass is 32.1. The van der Waals surface area contributed by atoms with Crippen molar-refractivity contribution < 1.29 is 0 Å². The molecule has 1 fully saturated rings. The zero-order chi connectivity index (χ0) is 9.80. The number of hydrogen-bond acceptors (Lipinski definition) is 3. The molecule has 1 unspecified atom stereocenters. The molecule has 0 amide bonds. The number of nitrogens with zero attached hydrogens (tertiary/aromatic N) is 1. The largest absolute Gasteiger partial charge is 0.309 e. The maximum absolute atomic E-state index is 4.09. The molecular formula is C11H18N2S. The minimum absolute atomic E-state index is 0.752. The number of rotatable bonds is 6. The van der Waals surface area contributed by atoms with E-state index in [0.717, 1.165) is 18.5 Å². The topological polar surface area (TPSA) is 24.9 Å². The van der Waals surface area contributed by atoms with Crippen LogP contribution in [0, 0.1) is 5.92 Å². The van der Waals surface area contributed by atoms with E-state index in [1.165, 1.54) is 30.6 Å². The van der Waals surface area contributed by atoms with Gasteiger partial charge in [-0.25, -0.2) is 0 Å². The number of hydrogen-bond donors (Lipinski definition) is 1. The van der Waals surface area contributed by atoms with Crippen molar-refractivity contribution in [2.45, 2.75) is 45.2 Å². The molecular weight excluding hydrogens is 192 g/mol. The molecule has 0 spiro atoms. The van der Waals surface area contributed by atoms with E-state index >= 15 is 0 Å². The van der Waals surface area contributed by atoms with Crippen LogP contribution in [0.5, 0.6) is 0 Å². The Morgan fingerprint density at radius 3 is 3.07 bits per heavy atom. The van der Waals surface area contributed by atoms with Crippen LogP contribution in [-0.4, -0.2) is 11.0 Å². The fourth-order valence-electron chi connectivity index (χ4n) is 1.88. The van der Waals surface area contributed by atoms with Crippen LogP contribution in [0.3, 0.4) is 0 Å². The summed E-state index contributed by atoms with van der Waals surface area (Å²) in [6, 6.07) is 0.752. The van der Waals surface area contributed by atoms with E-state index in [-0.39, 0.29) is 0 Å². The van der Waals surface area contributed by atoms with Crippen LogP contribution >= 0.6 is 11.3 Å². The van der Waals surface area contributed by atoms with E-state index < -0.39 is 0 Å². The van der Waals surface area contributed by atoms with Gasteiger partial charge in [0.2, 0.25) is 0 Å². The highest BCUT2D eigenvalue weighted by Crippen LogP contribution is 2.34. The summed E-state index contributed by atoms with van der Waals surface area (Å²) in [6.07, 6.45) is 7.44. The fraction of sp³-hybridized carbons (Fsp3) is 0.727. The second-order valence-corrected chi connectivity index (χ2v) is 5.05. The van der Waals surface area contributed by atoms with E-state index in [0.29, 0.717) is 0 Å². The lowest BCUT2D eigenvalue weighted by molar-refractivity contribution is 0.431. The molecule has 1 aliphatic carbocycles. The molecule has 1 aromatic heterocycles. The second kappa shape index (κ2) is 4.89. The Bertz CT molecular complexity index is 254. The summed E-state index contributed by atoms with van der Waals surface area (Å²) in [7, 11) is 0. The van der Waals surface area contributed by atoms with Crippen LogP contribution in [-0.2, 0) is 6.54 Å². The Labute approximate surface area is 89.8 Å². The first-order valence-electron chi connectivity index (χ1n) is 5.51. The van der Waals surface area contributed by atoms with E-state index in [1.807, 2.05) is 11.7 Å². The molecule has 0 saturated heterocycles. The second-order valence-electron chi connectivity index (χ2n) is 4.08. The van der Waals surface area contributed by atoms with Gasteiger partial charge in [0.25, 0.3) is 0 Å². The van der Waals surface area contributed by atoms with E-state index in [1.54, 1.807) is 11.3 Å². The standard InChI is InChI=1S/C11H18N2S/c1-2-3-11(9-4-5-9)13-7-10-6-12-8-14-10/h6,8-9,11,13H,2-5,7H2,1H3. The lowest BCUT2D eigenvalue weighted by atomic mass is 10.1. The molecule has 2 rings (SSSR count). The van der Waals surface area contributed by atoms with Gasteiger partial charge in [-0.3, -0.25) is 4.98 Å². The van der Waals surface area contributed by atoms with Gasteiger partial charge in [-0.05, 0) is 25.2 Å². The highest BCUT2D eigenvalue weighted by Gasteiger charge is 2.29. The average Bonchev–Trinajstić information content (AvgIpc) is 2.90. The SMILES string of the molecule is CCCC(NCc1cncs1)C1CC1. The molecule has 1 N–H and O–H groups in total. The predicted octanol–water partition coefficient (Wildman–Crippen LogP) is 2.81. The third-order valence-electron chi connectivity index (χ3n) is 2.81. The Kier molecular flexibility index (Phi) is 3.54. The van der Waals surface area contributed by atoms with Crippen molar-refractivity contribution in [2.75, 3.05) is 0 Å². The van der Waals surface area contributed by atoms with Crippen molar-refractivity contribution in [1.29, 1.82) is 0 Å². The highest BCUT2D eigenvalue weighted by molar-refractivity contribution is 7.09. The molecule has 1 heterocycles. The van der Waals surface area contributed by atoms with Crippen LogP contribution in [0.2, 0.25) is 0 Å². The summed E-state index contributed by atoms with van der Waals surface area (Å²) in [5.74, 6) is 0.961. The molecule has 0 aromatic carbocycles. The van der Waals surface area contributed by atoms with Crippen LogP contribution in [0.4, 0.5) is 0 Å². The van der Waals surface area contributed by atoms with E-state index in [4.69, 9.17) is 0 Å². The lowest BCUT2D eigenvalue weighted by Gasteiger charge is -2.16. The summed E-state index contributed by atoms with van der Waals surface area (Å²) in [5.41, 5.74) is 1.91. The molecule has 3 heteroatoms. The first-order chi connectivity index (χ1) is 6.90. The molecule has 1 saturated carbocycles. The molecule has 78 valence electrons. The van der Waals surface area contributed by atoms with Gasteiger partial charge in [0.1, 0.15) is 0 Å². The van der Waals surface area contributed by atoms with Gasteiger partial charge in [-0.2, -0.15) is 0 Å². The Morgan fingerprint density at radius 1 is 1.64 bits per heavy atom. The fourth-order valence-corrected chi connectivity index (χ4v) is 2.42. The van der Waals surface area contributed by atoms with Crippen molar-refractivity contribution in [1.82, 2.24) is 10.3 Å². The molecule has 0 radical (unpaired) electrons. The van der Waals surface area contributed by atoms with Crippen molar-refractivity contribution in [3.63, 3.8) is 0 Å².